The summed E-state index contributed by atoms with van der Waals surface area (Å²) in [6, 6.07) is 7.73. The second-order valence-electron chi connectivity index (χ2n) is 3.05. The molecule has 0 amide bonds. The average molecular weight is 243 g/mol. The minimum absolute atomic E-state index is 0.0746. The van der Waals surface area contributed by atoms with Gasteiger partial charge in [0.05, 0.1) is 6.42 Å². The lowest BCUT2D eigenvalue weighted by atomic mass is 9.98. The van der Waals surface area contributed by atoms with Gasteiger partial charge >= 0.3 is 5.97 Å². The Bertz CT molecular complexity index is 292. The van der Waals surface area contributed by atoms with Crippen LogP contribution in [0.25, 0.3) is 0 Å². The van der Waals surface area contributed by atoms with Crippen LogP contribution in [0.15, 0.2) is 28.7 Å². The SMILES string of the molecule is CC(CC(=O)O)c1ccc(Br)cc1. The van der Waals surface area contributed by atoms with E-state index in [1.54, 1.807) is 0 Å². The Labute approximate surface area is 85.7 Å². The molecule has 0 radical (unpaired) electrons. The van der Waals surface area contributed by atoms with E-state index in [4.69, 9.17) is 5.11 Å². The van der Waals surface area contributed by atoms with Crippen molar-refractivity contribution < 1.29 is 9.90 Å². The van der Waals surface area contributed by atoms with E-state index in [0.29, 0.717) is 0 Å². The zero-order chi connectivity index (χ0) is 9.84. The largest absolute Gasteiger partial charge is 0.481 e. The Kier molecular flexibility index (Phi) is 3.48. The van der Waals surface area contributed by atoms with E-state index in [0.717, 1.165) is 10.0 Å². The summed E-state index contributed by atoms with van der Waals surface area (Å²) in [4.78, 5) is 10.4. The van der Waals surface area contributed by atoms with Crippen LogP contribution in [0.4, 0.5) is 0 Å². The number of halogens is 1. The summed E-state index contributed by atoms with van der Waals surface area (Å²) in [5.41, 5.74) is 1.06. The molecule has 0 aliphatic rings. The van der Waals surface area contributed by atoms with Gasteiger partial charge in [0.15, 0.2) is 0 Å². The van der Waals surface area contributed by atoms with Gasteiger partial charge in [-0.3, -0.25) is 4.79 Å². The maximum absolute atomic E-state index is 10.4. The van der Waals surface area contributed by atoms with Crippen molar-refractivity contribution in [3.63, 3.8) is 0 Å². The zero-order valence-corrected chi connectivity index (χ0v) is 8.91. The van der Waals surface area contributed by atoms with Crippen molar-refractivity contribution in [3.05, 3.63) is 34.3 Å². The van der Waals surface area contributed by atoms with Gasteiger partial charge in [0, 0.05) is 4.47 Å². The summed E-state index contributed by atoms with van der Waals surface area (Å²) in [6.07, 6.45) is 0.182. The maximum atomic E-state index is 10.4. The molecule has 13 heavy (non-hydrogen) atoms. The van der Waals surface area contributed by atoms with Gasteiger partial charge < -0.3 is 5.11 Å². The number of benzene rings is 1. The van der Waals surface area contributed by atoms with E-state index in [1.165, 1.54) is 0 Å². The second kappa shape index (κ2) is 4.42. The fraction of sp³-hybridized carbons (Fsp3) is 0.300. The zero-order valence-electron chi connectivity index (χ0n) is 7.33. The Hall–Kier alpha value is -0.830. The van der Waals surface area contributed by atoms with Crippen LogP contribution in [0.2, 0.25) is 0 Å². The molecule has 0 fully saturated rings. The Morgan fingerprint density at radius 3 is 2.46 bits per heavy atom. The van der Waals surface area contributed by atoms with Crippen molar-refractivity contribution in [1.29, 1.82) is 0 Å². The van der Waals surface area contributed by atoms with Crippen LogP contribution in [0, 0.1) is 0 Å². The van der Waals surface area contributed by atoms with Crippen LogP contribution in [0.5, 0.6) is 0 Å². The topological polar surface area (TPSA) is 37.3 Å². The predicted octanol–water partition coefficient (Wildman–Crippen LogP) is 3.03. The molecule has 0 aliphatic carbocycles. The molecule has 70 valence electrons. The van der Waals surface area contributed by atoms with Crippen LogP contribution in [-0.4, -0.2) is 11.1 Å². The van der Waals surface area contributed by atoms with Crippen molar-refractivity contribution in [3.8, 4) is 0 Å². The van der Waals surface area contributed by atoms with Crippen LogP contribution < -0.4 is 0 Å². The lowest BCUT2D eigenvalue weighted by Gasteiger charge is -2.08. The highest BCUT2D eigenvalue weighted by molar-refractivity contribution is 9.10. The molecule has 0 heterocycles. The van der Waals surface area contributed by atoms with Gasteiger partial charge in [0.25, 0.3) is 0 Å². The standard InChI is InChI=1S/C10H11BrO2/c1-7(6-10(12)13)8-2-4-9(11)5-3-8/h2-5,7H,6H2,1H3,(H,12,13). The molecule has 0 saturated heterocycles. The molecule has 1 aromatic carbocycles. The lowest BCUT2D eigenvalue weighted by molar-refractivity contribution is -0.137. The molecule has 1 N–H and O–H groups in total. The molecule has 0 spiro atoms. The van der Waals surface area contributed by atoms with Crippen molar-refractivity contribution in [2.45, 2.75) is 19.3 Å². The quantitative estimate of drug-likeness (QED) is 0.885. The highest BCUT2D eigenvalue weighted by atomic mass is 79.9. The maximum Gasteiger partial charge on any atom is 0.303 e. The number of carboxylic acids is 1. The molecule has 1 unspecified atom stereocenters. The van der Waals surface area contributed by atoms with E-state index in [2.05, 4.69) is 15.9 Å². The summed E-state index contributed by atoms with van der Waals surface area (Å²) in [6.45, 7) is 1.91. The van der Waals surface area contributed by atoms with E-state index < -0.39 is 5.97 Å². The van der Waals surface area contributed by atoms with Crippen molar-refractivity contribution in [2.24, 2.45) is 0 Å². The van der Waals surface area contributed by atoms with E-state index in [1.807, 2.05) is 31.2 Å². The van der Waals surface area contributed by atoms with E-state index in [9.17, 15) is 4.79 Å². The third-order valence-corrected chi connectivity index (χ3v) is 2.45. The van der Waals surface area contributed by atoms with Crippen molar-refractivity contribution in [2.75, 3.05) is 0 Å². The van der Waals surface area contributed by atoms with Gasteiger partial charge in [0.2, 0.25) is 0 Å². The number of carboxylic acid groups (broad SMARTS) is 1. The summed E-state index contributed by atoms with van der Waals surface area (Å²) in [7, 11) is 0. The number of hydrogen-bond acceptors (Lipinski definition) is 1. The third-order valence-electron chi connectivity index (χ3n) is 1.92. The van der Waals surface area contributed by atoms with E-state index in [-0.39, 0.29) is 12.3 Å². The molecule has 0 bridgehead atoms. The van der Waals surface area contributed by atoms with Crippen LogP contribution in [-0.2, 0) is 4.79 Å². The molecule has 1 atom stereocenters. The van der Waals surface area contributed by atoms with Gasteiger partial charge in [-0.25, -0.2) is 0 Å². The molecular weight excluding hydrogens is 232 g/mol. The summed E-state index contributed by atoms with van der Waals surface area (Å²) in [5.74, 6) is -0.680. The Balaban J connectivity index is 2.71. The number of rotatable bonds is 3. The molecule has 0 aliphatic heterocycles. The molecular formula is C10H11BrO2. The van der Waals surface area contributed by atoms with Gasteiger partial charge in [-0.15, -0.1) is 0 Å². The van der Waals surface area contributed by atoms with Crippen LogP contribution >= 0.6 is 15.9 Å². The normalized spacial score (nSPS) is 12.5. The molecule has 3 heteroatoms. The number of hydrogen-bond donors (Lipinski definition) is 1. The van der Waals surface area contributed by atoms with Gasteiger partial charge in [0.1, 0.15) is 0 Å². The molecule has 2 nitrogen and oxygen atoms in total. The van der Waals surface area contributed by atoms with Gasteiger partial charge in [-0.2, -0.15) is 0 Å². The molecule has 0 aromatic heterocycles. The van der Waals surface area contributed by atoms with Crippen molar-refractivity contribution >= 4 is 21.9 Å². The Morgan fingerprint density at radius 1 is 1.46 bits per heavy atom. The highest BCUT2D eigenvalue weighted by Crippen LogP contribution is 2.20. The molecule has 0 saturated carbocycles. The lowest BCUT2D eigenvalue weighted by Crippen LogP contribution is -2.02. The second-order valence-corrected chi connectivity index (χ2v) is 3.97. The first kappa shape index (κ1) is 10.3. The Morgan fingerprint density at radius 2 is 2.00 bits per heavy atom. The first-order valence-corrected chi connectivity index (χ1v) is 4.86. The number of aliphatic carboxylic acids is 1. The average Bonchev–Trinajstić information content (AvgIpc) is 2.04. The predicted molar refractivity (Wildman–Crippen MR) is 54.8 cm³/mol. The molecule has 1 rings (SSSR count). The smallest absolute Gasteiger partial charge is 0.303 e. The minimum Gasteiger partial charge on any atom is -0.481 e. The van der Waals surface area contributed by atoms with Crippen molar-refractivity contribution in [1.82, 2.24) is 0 Å². The minimum atomic E-state index is -0.754. The monoisotopic (exact) mass is 242 g/mol. The fourth-order valence-electron chi connectivity index (χ4n) is 1.17. The number of carbonyl (C=O) groups is 1. The summed E-state index contributed by atoms with van der Waals surface area (Å²) < 4.78 is 1.01. The van der Waals surface area contributed by atoms with Crippen LogP contribution in [0.1, 0.15) is 24.8 Å². The summed E-state index contributed by atoms with van der Waals surface area (Å²) in [5, 5.41) is 8.59. The summed E-state index contributed by atoms with van der Waals surface area (Å²) >= 11 is 3.33. The fourth-order valence-corrected chi connectivity index (χ4v) is 1.44. The van der Waals surface area contributed by atoms with Crippen LogP contribution in [0.3, 0.4) is 0 Å². The van der Waals surface area contributed by atoms with E-state index >= 15 is 0 Å². The van der Waals surface area contributed by atoms with Gasteiger partial charge in [-0.05, 0) is 23.6 Å². The third kappa shape index (κ3) is 3.19. The highest BCUT2D eigenvalue weighted by Gasteiger charge is 2.09. The van der Waals surface area contributed by atoms with Gasteiger partial charge in [-0.1, -0.05) is 35.0 Å². The first-order valence-electron chi connectivity index (χ1n) is 4.07. The first-order chi connectivity index (χ1) is 6.09. The molecule has 1 aromatic rings.